The van der Waals surface area contributed by atoms with Crippen molar-refractivity contribution in [3.05, 3.63) is 32.7 Å². The molecule has 0 aromatic heterocycles. The fraction of sp³-hybridized carbons (Fsp3) is 0.364. The van der Waals surface area contributed by atoms with Crippen LogP contribution < -0.4 is 0 Å². The second-order valence-corrected chi connectivity index (χ2v) is 8.03. The van der Waals surface area contributed by atoms with Gasteiger partial charge in [0.15, 0.2) is 15.6 Å². The smallest absolute Gasteiger partial charge is 0.167 e. The molecule has 1 heterocycles. The van der Waals surface area contributed by atoms with E-state index in [2.05, 4.69) is 31.9 Å². The minimum Gasteiger partial charge on any atom is -0.294 e. The Kier molecular flexibility index (Phi) is 3.75. The molecule has 0 aliphatic carbocycles. The van der Waals surface area contributed by atoms with Crippen molar-refractivity contribution < 1.29 is 13.2 Å². The first kappa shape index (κ1) is 13.2. The third-order valence-corrected chi connectivity index (χ3v) is 6.45. The standard InChI is InChI=1S/C11H10Br2O3S/c12-9-2-1-7(5-10(9)13)11(14)8-3-4-17(15,16)6-8/h1-2,5,8H,3-4,6H2. The highest BCUT2D eigenvalue weighted by molar-refractivity contribution is 9.13. The fourth-order valence-electron chi connectivity index (χ4n) is 1.89. The van der Waals surface area contributed by atoms with Gasteiger partial charge >= 0.3 is 0 Å². The Balaban J connectivity index is 2.23. The molecule has 1 atom stereocenters. The molecule has 1 fully saturated rings. The molecule has 0 spiro atoms. The molecule has 1 aliphatic heterocycles. The lowest BCUT2D eigenvalue weighted by atomic mass is 9.97. The van der Waals surface area contributed by atoms with Crippen molar-refractivity contribution >= 4 is 47.5 Å². The van der Waals surface area contributed by atoms with E-state index in [0.717, 1.165) is 8.95 Å². The minimum absolute atomic E-state index is 0.0144. The molecule has 0 bridgehead atoms. The van der Waals surface area contributed by atoms with Crippen molar-refractivity contribution in [1.82, 2.24) is 0 Å². The Morgan fingerprint density at radius 1 is 1.24 bits per heavy atom. The summed E-state index contributed by atoms with van der Waals surface area (Å²) >= 11 is 6.65. The summed E-state index contributed by atoms with van der Waals surface area (Å²) in [7, 11) is -3.01. The molecule has 0 radical (unpaired) electrons. The number of rotatable bonds is 2. The number of Topliss-reactive ketones (excluding diaryl/α,β-unsaturated/α-hetero) is 1. The maximum atomic E-state index is 12.1. The van der Waals surface area contributed by atoms with Gasteiger partial charge in [-0.25, -0.2) is 8.42 Å². The quantitative estimate of drug-likeness (QED) is 0.740. The SMILES string of the molecule is O=C(c1ccc(Br)c(Br)c1)C1CCS(=O)(=O)C1. The Morgan fingerprint density at radius 3 is 2.47 bits per heavy atom. The number of halogens is 2. The van der Waals surface area contributed by atoms with Crippen molar-refractivity contribution in [2.75, 3.05) is 11.5 Å². The van der Waals surface area contributed by atoms with Crippen LogP contribution in [0.3, 0.4) is 0 Å². The molecule has 1 unspecified atom stereocenters. The summed E-state index contributed by atoms with van der Waals surface area (Å²) < 4.78 is 24.3. The number of ketones is 1. The van der Waals surface area contributed by atoms with Gasteiger partial charge in [0.1, 0.15) is 0 Å². The highest BCUT2D eigenvalue weighted by atomic mass is 79.9. The maximum Gasteiger partial charge on any atom is 0.167 e. The van der Waals surface area contributed by atoms with Gasteiger partial charge in [-0.2, -0.15) is 0 Å². The molecule has 92 valence electrons. The summed E-state index contributed by atoms with van der Waals surface area (Å²) in [6.45, 7) is 0. The first-order chi connectivity index (χ1) is 7.89. The van der Waals surface area contributed by atoms with Crippen LogP contribution >= 0.6 is 31.9 Å². The van der Waals surface area contributed by atoms with Gasteiger partial charge in [0, 0.05) is 20.4 Å². The van der Waals surface area contributed by atoms with E-state index < -0.39 is 9.84 Å². The highest BCUT2D eigenvalue weighted by Crippen LogP contribution is 2.27. The maximum absolute atomic E-state index is 12.1. The number of sulfone groups is 1. The summed E-state index contributed by atoms with van der Waals surface area (Å²) in [5.74, 6) is -0.354. The topological polar surface area (TPSA) is 51.2 Å². The Labute approximate surface area is 117 Å². The van der Waals surface area contributed by atoms with Crippen molar-refractivity contribution in [2.24, 2.45) is 5.92 Å². The van der Waals surface area contributed by atoms with E-state index in [0.29, 0.717) is 12.0 Å². The van der Waals surface area contributed by atoms with E-state index in [9.17, 15) is 13.2 Å². The predicted molar refractivity (Wildman–Crippen MR) is 72.9 cm³/mol. The number of hydrogen-bond donors (Lipinski definition) is 0. The lowest BCUT2D eigenvalue weighted by Crippen LogP contribution is -2.16. The van der Waals surface area contributed by atoms with Crippen molar-refractivity contribution in [2.45, 2.75) is 6.42 Å². The highest BCUT2D eigenvalue weighted by Gasteiger charge is 2.33. The lowest BCUT2D eigenvalue weighted by molar-refractivity contribution is 0.0933. The second kappa shape index (κ2) is 4.82. The van der Waals surface area contributed by atoms with Gasteiger partial charge in [-0.1, -0.05) is 6.07 Å². The first-order valence-corrected chi connectivity index (χ1v) is 8.49. The molecule has 1 aromatic carbocycles. The van der Waals surface area contributed by atoms with Crippen LogP contribution in [0.5, 0.6) is 0 Å². The summed E-state index contributed by atoms with van der Waals surface area (Å²) in [5, 5.41) is 0. The van der Waals surface area contributed by atoms with Crippen molar-refractivity contribution in [3.8, 4) is 0 Å². The summed E-state index contributed by atoms with van der Waals surface area (Å²) in [6.07, 6.45) is 0.439. The average molecular weight is 382 g/mol. The van der Waals surface area contributed by atoms with Gasteiger partial charge in [-0.05, 0) is 50.4 Å². The third kappa shape index (κ3) is 2.98. The van der Waals surface area contributed by atoms with E-state index >= 15 is 0 Å². The van der Waals surface area contributed by atoms with Crippen LogP contribution in [-0.4, -0.2) is 25.7 Å². The van der Waals surface area contributed by atoms with Gasteiger partial charge in [-0.15, -0.1) is 0 Å². The van der Waals surface area contributed by atoms with E-state index in [-0.39, 0.29) is 23.2 Å². The van der Waals surface area contributed by atoms with Gasteiger partial charge in [0.2, 0.25) is 0 Å². The van der Waals surface area contributed by atoms with Crippen LogP contribution in [0.15, 0.2) is 27.1 Å². The van der Waals surface area contributed by atoms with Crippen LogP contribution in [0.2, 0.25) is 0 Å². The van der Waals surface area contributed by atoms with Gasteiger partial charge in [0.05, 0.1) is 11.5 Å². The van der Waals surface area contributed by atoms with E-state index in [1.54, 1.807) is 18.2 Å². The first-order valence-electron chi connectivity index (χ1n) is 5.09. The van der Waals surface area contributed by atoms with E-state index in [4.69, 9.17) is 0 Å². The number of hydrogen-bond acceptors (Lipinski definition) is 3. The van der Waals surface area contributed by atoms with Crippen LogP contribution in [0.4, 0.5) is 0 Å². The molecule has 1 aliphatic rings. The zero-order valence-electron chi connectivity index (χ0n) is 8.82. The van der Waals surface area contributed by atoms with Crippen molar-refractivity contribution in [1.29, 1.82) is 0 Å². The lowest BCUT2D eigenvalue weighted by Gasteiger charge is -2.07. The number of benzene rings is 1. The zero-order valence-corrected chi connectivity index (χ0v) is 12.8. The molecule has 6 heteroatoms. The largest absolute Gasteiger partial charge is 0.294 e. The zero-order chi connectivity index (χ0) is 12.6. The molecule has 0 N–H and O–H groups in total. The third-order valence-electron chi connectivity index (χ3n) is 2.81. The van der Waals surface area contributed by atoms with Gasteiger partial charge < -0.3 is 0 Å². The summed E-state index contributed by atoms with van der Waals surface area (Å²) in [4.78, 5) is 12.1. The molecule has 2 rings (SSSR count). The monoisotopic (exact) mass is 380 g/mol. The summed E-state index contributed by atoms with van der Waals surface area (Å²) in [5.41, 5.74) is 0.558. The normalized spacial score (nSPS) is 22.6. The Hall–Kier alpha value is -0.200. The van der Waals surface area contributed by atoms with E-state index in [1.165, 1.54) is 0 Å². The molecule has 1 aromatic rings. The summed E-state index contributed by atoms with van der Waals surface area (Å²) in [6, 6.07) is 5.21. The molecule has 17 heavy (non-hydrogen) atoms. The molecule has 0 saturated carbocycles. The van der Waals surface area contributed by atoms with Gasteiger partial charge in [0.25, 0.3) is 0 Å². The van der Waals surface area contributed by atoms with E-state index in [1.807, 2.05) is 0 Å². The second-order valence-electron chi connectivity index (χ2n) is 4.09. The predicted octanol–water partition coefficient (Wildman–Crippen LogP) is 2.83. The minimum atomic E-state index is -3.01. The van der Waals surface area contributed by atoms with Gasteiger partial charge in [-0.3, -0.25) is 4.79 Å². The Bertz CT molecular complexity index is 566. The molecule has 1 saturated heterocycles. The van der Waals surface area contributed by atoms with Crippen LogP contribution in [0.25, 0.3) is 0 Å². The number of carbonyl (C=O) groups is 1. The molecular weight excluding hydrogens is 372 g/mol. The molecular formula is C11H10Br2O3S. The Morgan fingerprint density at radius 2 is 1.94 bits per heavy atom. The van der Waals surface area contributed by atoms with Crippen LogP contribution in [-0.2, 0) is 9.84 Å². The molecule has 3 nitrogen and oxygen atoms in total. The average Bonchev–Trinajstić information content (AvgIpc) is 2.62. The number of carbonyl (C=O) groups excluding carboxylic acids is 1. The van der Waals surface area contributed by atoms with Crippen LogP contribution in [0.1, 0.15) is 16.8 Å². The van der Waals surface area contributed by atoms with Crippen molar-refractivity contribution in [3.63, 3.8) is 0 Å². The molecule has 0 amide bonds. The van der Waals surface area contributed by atoms with Crippen LogP contribution in [0, 0.1) is 5.92 Å². The fourth-order valence-corrected chi connectivity index (χ4v) is 4.25.